The number of carbonyl (C=O) groups is 2. The van der Waals surface area contributed by atoms with Crippen LogP contribution >= 0.6 is 11.3 Å². The highest BCUT2D eigenvalue weighted by atomic mass is 32.1. The highest BCUT2D eigenvalue weighted by molar-refractivity contribution is 7.15. The quantitative estimate of drug-likeness (QED) is 0.463. The molecule has 1 aliphatic rings. The van der Waals surface area contributed by atoms with Gasteiger partial charge in [0.1, 0.15) is 10.6 Å². The number of anilines is 2. The van der Waals surface area contributed by atoms with Gasteiger partial charge in [0.15, 0.2) is 0 Å². The summed E-state index contributed by atoms with van der Waals surface area (Å²) in [7, 11) is 0. The number of hydrogen-bond donors (Lipinski definition) is 1. The summed E-state index contributed by atoms with van der Waals surface area (Å²) in [4.78, 5) is 37.5. The second kappa shape index (κ2) is 8.60. The Balaban J connectivity index is 1.49. The lowest BCUT2D eigenvalue weighted by molar-refractivity contribution is -0.385. The van der Waals surface area contributed by atoms with E-state index in [0.717, 1.165) is 17.7 Å². The van der Waals surface area contributed by atoms with E-state index in [1.807, 2.05) is 31.2 Å². The first-order valence-electron chi connectivity index (χ1n) is 9.74. The molecule has 1 unspecified atom stereocenters. The molecule has 4 rings (SSSR count). The van der Waals surface area contributed by atoms with Crippen molar-refractivity contribution in [3.05, 3.63) is 74.8 Å². The van der Waals surface area contributed by atoms with Crippen molar-refractivity contribution < 1.29 is 14.5 Å². The lowest BCUT2D eigenvalue weighted by Gasteiger charge is -2.19. The molecule has 2 aromatic carbocycles. The lowest BCUT2D eigenvalue weighted by Crippen LogP contribution is -2.25. The van der Waals surface area contributed by atoms with Gasteiger partial charge in [0, 0.05) is 30.6 Å². The fraction of sp³-hybridized carbons (Fsp3) is 0.238. The number of aromatic nitrogens is 2. The molecule has 0 bridgehead atoms. The summed E-state index contributed by atoms with van der Waals surface area (Å²) >= 11 is 1.17. The van der Waals surface area contributed by atoms with Crippen LogP contribution < -0.4 is 10.2 Å². The van der Waals surface area contributed by atoms with E-state index in [-0.39, 0.29) is 28.2 Å². The van der Waals surface area contributed by atoms with Crippen molar-refractivity contribution >= 4 is 39.7 Å². The van der Waals surface area contributed by atoms with Crippen LogP contribution in [0.2, 0.25) is 0 Å². The maximum Gasteiger partial charge on any atom is 0.282 e. The zero-order chi connectivity index (χ0) is 22.0. The Labute approximate surface area is 181 Å². The van der Waals surface area contributed by atoms with E-state index in [0.29, 0.717) is 18.0 Å². The van der Waals surface area contributed by atoms with Crippen LogP contribution in [0.4, 0.5) is 16.5 Å². The Hall–Kier alpha value is -3.66. The predicted octanol–water partition coefficient (Wildman–Crippen LogP) is 3.78. The third kappa shape index (κ3) is 4.15. The van der Waals surface area contributed by atoms with Crippen molar-refractivity contribution in [1.29, 1.82) is 0 Å². The van der Waals surface area contributed by atoms with E-state index < -0.39 is 10.8 Å². The third-order valence-corrected chi connectivity index (χ3v) is 6.15. The number of nitrogens with zero attached hydrogens (tertiary/aromatic N) is 4. The first kappa shape index (κ1) is 20.6. The number of amides is 2. The van der Waals surface area contributed by atoms with Gasteiger partial charge in [0.25, 0.3) is 11.6 Å². The molecule has 10 heteroatoms. The minimum Gasteiger partial charge on any atom is -0.311 e. The average molecular weight is 437 g/mol. The largest absolute Gasteiger partial charge is 0.311 e. The Bertz CT molecular complexity index is 1160. The molecule has 1 saturated heterocycles. The first-order valence-corrected chi connectivity index (χ1v) is 10.6. The summed E-state index contributed by atoms with van der Waals surface area (Å²) < 4.78 is 0. The maximum absolute atomic E-state index is 12.6. The molecule has 3 aromatic rings. The van der Waals surface area contributed by atoms with Crippen molar-refractivity contribution in [1.82, 2.24) is 10.2 Å². The average Bonchev–Trinajstić information content (AvgIpc) is 3.40. The van der Waals surface area contributed by atoms with Gasteiger partial charge in [0.2, 0.25) is 11.0 Å². The number of hydrogen-bond acceptors (Lipinski definition) is 7. The molecule has 31 heavy (non-hydrogen) atoms. The molecule has 9 nitrogen and oxygen atoms in total. The summed E-state index contributed by atoms with van der Waals surface area (Å²) in [5, 5.41) is 22.7. The molecule has 0 aliphatic carbocycles. The highest BCUT2D eigenvalue weighted by Crippen LogP contribution is 2.35. The number of aryl methyl sites for hydroxylation is 1. The van der Waals surface area contributed by atoms with Crippen molar-refractivity contribution in [3.63, 3.8) is 0 Å². The number of nitro benzene ring substituents is 1. The van der Waals surface area contributed by atoms with Crippen LogP contribution in [0.25, 0.3) is 0 Å². The lowest BCUT2D eigenvalue weighted by atomic mass is 10.1. The van der Waals surface area contributed by atoms with Gasteiger partial charge in [-0.05, 0) is 24.1 Å². The van der Waals surface area contributed by atoms with Gasteiger partial charge in [-0.15, -0.1) is 10.2 Å². The van der Waals surface area contributed by atoms with Gasteiger partial charge >= 0.3 is 0 Å². The molecule has 0 spiro atoms. The third-order valence-electron chi connectivity index (χ3n) is 5.14. The van der Waals surface area contributed by atoms with Gasteiger partial charge in [-0.2, -0.15) is 0 Å². The number of carbonyl (C=O) groups excluding carboxylic acids is 2. The standard InChI is InChI=1S/C21H19N5O4S/c1-2-13-7-3-5-9-16(13)25-12-14(11-18(25)27)20-23-24-21(31-20)22-19(28)15-8-4-6-10-17(15)26(29)30/h3-10,14H,2,11-12H2,1H3,(H,22,24,28). The molecule has 2 heterocycles. The smallest absolute Gasteiger partial charge is 0.282 e. The minimum absolute atomic E-state index is 0.0200. The predicted molar refractivity (Wildman–Crippen MR) is 116 cm³/mol. The maximum atomic E-state index is 12.6. The van der Waals surface area contributed by atoms with E-state index in [9.17, 15) is 19.7 Å². The van der Waals surface area contributed by atoms with Gasteiger partial charge in [-0.25, -0.2) is 0 Å². The molecule has 0 radical (unpaired) electrons. The molecule has 1 N–H and O–H groups in total. The monoisotopic (exact) mass is 437 g/mol. The van der Waals surface area contributed by atoms with Gasteiger partial charge in [-0.3, -0.25) is 25.0 Å². The van der Waals surface area contributed by atoms with Crippen molar-refractivity contribution in [3.8, 4) is 0 Å². The van der Waals surface area contributed by atoms with Crippen molar-refractivity contribution in [2.24, 2.45) is 0 Å². The van der Waals surface area contributed by atoms with Crippen LogP contribution in [-0.4, -0.2) is 33.5 Å². The summed E-state index contributed by atoms with van der Waals surface area (Å²) in [6, 6.07) is 13.5. The van der Waals surface area contributed by atoms with Crippen LogP contribution in [0.5, 0.6) is 0 Å². The molecular weight excluding hydrogens is 418 g/mol. The normalized spacial score (nSPS) is 15.8. The molecular formula is C21H19N5O4S. The molecule has 1 aromatic heterocycles. The minimum atomic E-state index is -0.629. The number of nitro groups is 1. The summed E-state index contributed by atoms with van der Waals surface area (Å²) in [6.07, 6.45) is 1.13. The second-order valence-electron chi connectivity index (χ2n) is 7.06. The van der Waals surface area contributed by atoms with Gasteiger partial charge < -0.3 is 4.90 Å². The highest BCUT2D eigenvalue weighted by Gasteiger charge is 2.34. The van der Waals surface area contributed by atoms with Crippen molar-refractivity contribution in [2.75, 3.05) is 16.8 Å². The van der Waals surface area contributed by atoms with Crippen LogP contribution in [0, 0.1) is 10.1 Å². The molecule has 158 valence electrons. The van der Waals surface area contributed by atoms with E-state index in [1.54, 1.807) is 11.0 Å². The van der Waals surface area contributed by atoms with Crippen LogP contribution in [0.15, 0.2) is 48.5 Å². The first-order chi connectivity index (χ1) is 15.0. The molecule has 1 aliphatic heterocycles. The van der Waals surface area contributed by atoms with Gasteiger partial charge in [0.05, 0.1) is 4.92 Å². The molecule has 1 fully saturated rings. The summed E-state index contributed by atoms with van der Waals surface area (Å²) in [5.41, 5.74) is 1.68. The SMILES string of the molecule is CCc1ccccc1N1CC(c2nnc(NC(=O)c3ccccc3[N+](=O)[O-])s2)CC1=O. The molecule has 0 saturated carbocycles. The Kier molecular flexibility index (Phi) is 5.72. The number of nitrogens with one attached hydrogen (secondary N) is 1. The fourth-order valence-electron chi connectivity index (χ4n) is 3.62. The Morgan fingerprint density at radius 1 is 1.23 bits per heavy atom. The molecule has 1 atom stereocenters. The number of rotatable bonds is 6. The van der Waals surface area contributed by atoms with E-state index in [2.05, 4.69) is 15.5 Å². The van der Waals surface area contributed by atoms with Crippen molar-refractivity contribution in [2.45, 2.75) is 25.7 Å². The Morgan fingerprint density at radius 2 is 1.97 bits per heavy atom. The van der Waals surface area contributed by atoms with Crippen LogP contribution in [0.3, 0.4) is 0 Å². The number of benzene rings is 2. The van der Waals surface area contributed by atoms with E-state index in [4.69, 9.17) is 0 Å². The van der Waals surface area contributed by atoms with E-state index >= 15 is 0 Å². The van der Waals surface area contributed by atoms with Gasteiger partial charge in [-0.1, -0.05) is 48.6 Å². The Morgan fingerprint density at radius 3 is 2.74 bits per heavy atom. The number of para-hydroxylation sites is 2. The summed E-state index contributed by atoms with van der Waals surface area (Å²) in [6.45, 7) is 2.54. The van der Waals surface area contributed by atoms with E-state index in [1.165, 1.54) is 29.5 Å². The topological polar surface area (TPSA) is 118 Å². The second-order valence-corrected chi connectivity index (χ2v) is 8.07. The van der Waals surface area contributed by atoms with Crippen LogP contribution in [0.1, 0.15) is 40.2 Å². The zero-order valence-corrected chi connectivity index (χ0v) is 17.5. The van der Waals surface area contributed by atoms with Crippen LogP contribution in [-0.2, 0) is 11.2 Å². The molecule has 2 amide bonds. The summed E-state index contributed by atoms with van der Waals surface area (Å²) in [5.74, 6) is -0.741. The zero-order valence-electron chi connectivity index (χ0n) is 16.6. The fourth-order valence-corrected chi connectivity index (χ4v) is 4.45.